The predicted molar refractivity (Wildman–Crippen MR) is 52.6 cm³/mol. The van der Waals surface area contributed by atoms with Crippen LogP contribution in [0.15, 0.2) is 18.3 Å². The summed E-state index contributed by atoms with van der Waals surface area (Å²) in [6.45, 7) is -0.263. The lowest BCUT2D eigenvalue weighted by Crippen LogP contribution is -2.12. The average molecular weight is 211 g/mol. The highest BCUT2D eigenvalue weighted by Crippen LogP contribution is 2.05. The number of aromatic nitrogens is 1. The van der Waals surface area contributed by atoms with E-state index in [0.717, 1.165) is 5.56 Å². The molecule has 82 valence electrons. The maximum Gasteiger partial charge on any atom is 0.354 e. The molecule has 0 bridgehead atoms. The summed E-state index contributed by atoms with van der Waals surface area (Å²) in [5, 5.41) is 26.3. The molecular weight excluding hydrogens is 198 g/mol. The van der Waals surface area contributed by atoms with Crippen molar-refractivity contribution < 1.29 is 20.1 Å². The molecule has 0 aliphatic carbocycles. The highest BCUT2D eigenvalue weighted by Gasteiger charge is 2.05. The zero-order chi connectivity index (χ0) is 11.3. The lowest BCUT2D eigenvalue weighted by Gasteiger charge is -2.06. The van der Waals surface area contributed by atoms with Gasteiger partial charge in [-0.3, -0.25) is 0 Å². The van der Waals surface area contributed by atoms with E-state index in [1.165, 1.54) is 12.3 Å². The van der Waals surface area contributed by atoms with Crippen molar-refractivity contribution in [3.05, 3.63) is 29.6 Å². The summed E-state index contributed by atoms with van der Waals surface area (Å²) in [5.74, 6) is -1.06. The molecule has 0 aromatic carbocycles. The summed E-state index contributed by atoms with van der Waals surface area (Å²) in [6.07, 6.45) is 1.73. The highest BCUT2D eigenvalue weighted by atomic mass is 16.4. The van der Waals surface area contributed by atoms with E-state index in [2.05, 4.69) is 4.98 Å². The van der Waals surface area contributed by atoms with Crippen LogP contribution < -0.4 is 0 Å². The van der Waals surface area contributed by atoms with Crippen LogP contribution in [0.25, 0.3) is 0 Å². The van der Waals surface area contributed by atoms with Crippen LogP contribution >= 0.6 is 0 Å². The van der Waals surface area contributed by atoms with Gasteiger partial charge in [0.2, 0.25) is 0 Å². The molecule has 0 spiro atoms. The zero-order valence-electron chi connectivity index (χ0n) is 8.13. The van der Waals surface area contributed by atoms with Crippen molar-refractivity contribution in [3.63, 3.8) is 0 Å². The fraction of sp³-hybridized carbons (Fsp3) is 0.400. The molecule has 3 N–H and O–H groups in total. The van der Waals surface area contributed by atoms with Gasteiger partial charge < -0.3 is 15.3 Å². The van der Waals surface area contributed by atoms with E-state index in [1.54, 1.807) is 6.07 Å². The Morgan fingerprint density at radius 3 is 2.67 bits per heavy atom. The Balaban J connectivity index is 2.53. The average Bonchev–Trinajstić information content (AvgIpc) is 2.26. The predicted octanol–water partition coefficient (Wildman–Crippen LogP) is 0.0656. The zero-order valence-corrected chi connectivity index (χ0v) is 8.13. The summed E-state index contributed by atoms with van der Waals surface area (Å²) in [4.78, 5) is 14.2. The number of aliphatic hydroxyl groups excluding tert-OH is 2. The summed E-state index contributed by atoms with van der Waals surface area (Å²) in [6, 6.07) is 3.07. The van der Waals surface area contributed by atoms with Gasteiger partial charge in [0.1, 0.15) is 5.69 Å². The van der Waals surface area contributed by atoms with Crippen molar-refractivity contribution in [2.75, 3.05) is 6.61 Å². The van der Waals surface area contributed by atoms with E-state index in [1.807, 2.05) is 0 Å². The third-order valence-corrected chi connectivity index (χ3v) is 2.02. The van der Waals surface area contributed by atoms with Crippen LogP contribution in [-0.2, 0) is 6.42 Å². The number of nitrogens with zero attached hydrogens (tertiary/aromatic N) is 1. The number of hydrogen-bond donors (Lipinski definition) is 3. The summed E-state index contributed by atoms with van der Waals surface area (Å²) in [5.41, 5.74) is 0.842. The number of rotatable bonds is 5. The Morgan fingerprint density at radius 1 is 1.47 bits per heavy atom. The Labute approximate surface area is 87.0 Å². The first kappa shape index (κ1) is 11.6. The second kappa shape index (κ2) is 5.43. The van der Waals surface area contributed by atoms with E-state index in [-0.39, 0.29) is 12.3 Å². The normalized spacial score (nSPS) is 12.4. The van der Waals surface area contributed by atoms with Gasteiger partial charge in [0.05, 0.1) is 12.7 Å². The molecule has 0 radical (unpaired) electrons. The van der Waals surface area contributed by atoms with Crippen LogP contribution in [0, 0.1) is 0 Å². The number of carboxylic acids is 1. The minimum atomic E-state index is -1.06. The number of pyridine rings is 1. The SMILES string of the molecule is O=C(O)c1ccc(CC[C@H](O)CO)cn1. The lowest BCUT2D eigenvalue weighted by molar-refractivity contribution is 0.0690. The molecule has 1 atom stereocenters. The van der Waals surface area contributed by atoms with Gasteiger partial charge in [-0.25, -0.2) is 9.78 Å². The second-order valence-corrected chi connectivity index (χ2v) is 3.23. The number of aliphatic hydroxyl groups is 2. The molecule has 0 aliphatic rings. The first-order chi connectivity index (χ1) is 7.13. The van der Waals surface area contributed by atoms with Crippen LogP contribution in [0.5, 0.6) is 0 Å². The van der Waals surface area contributed by atoms with Crippen molar-refractivity contribution in [2.45, 2.75) is 18.9 Å². The maximum atomic E-state index is 10.5. The maximum absolute atomic E-state index is 10.5. The topological polar surface area (TPSA) is 90.7 Å². The van der Waals surface area contributed by atoms with Gasteiger partial charge in [0.25, 0.3) is 0 Å². The number of aryl methyl sites for hydroxylation is 1. The summed E-state index contributed by atoms with van der Waals surface area (Å²) in [7, 11) is 0. The molecule has 0 saturated heterocycles. The number of carbonyl (C=O) groups is 1. The number of aromatic carboxylic acids is 1. The van der Waals surface area contributed by atoms with Gasteiger partial charge in [-0.15, -0.1) is 0 Å². The van der Waals surface area contributed by atoms with Gasteiger partial charge in [-0.2, -0.15) is 0 Å². The molecule has 0 aliphatic heterocycles. The monoisotopic (exact) mass is 211 g/mol. The minimum absolute atomic E-state index is 0.00135. The summed E-state index contributed by atoms with van der Waals surface area (Å²) < 4.78 is 0. The molecule has 15 heavy (non-hydrogen) atoms. The Bertz CT molecular complexity index is 323. The Kier molecular flexibility index (Phi) is 4.20. The fourth-order valence-corrected chi connectivity index (χ4v) is 1.12. The van der Waals surface area contributed by atoms with E-state index in [4.69, 9.17) is 15.3 Å². The number of carboxylic acid groups (broad SMARTS) is 1. The minimum Gasteiger partial charge on any atom is -0.477 e. The van der Waals surface area contributed by atoms with Crippen molar-refractivity contribution >= 4 is 5.97 Å². The second-order valence-electron chi connectivity index (χ2n) is 3.23. The van der Waals surface area contributed by atoms with Crippen molar-refractivity contribution in [3.8, 4) is 0 Å². The standard InChI is InChI=1S/C10H13NO4/c12-6-8(13)3-1-7-2-4-9(10(14)15)11-5-7/h2,4-5,8,12-13H,1,3,6H2,(H,14,15)/t8-/m0/s1. The van der Waals surface area contributed by atoms with Gasteiger partial charge in [0.15, 0.2) is 0 Å². The van der Waals surface area contributed by atoms with Crippen LogP contribution in [0.3, 0.4) is 0 Å². The molecular formula is C10H13NO4. The van der Waals surface area contributed by atoms with Gasteiger partial charge >= 0.3 is 5.97 Å². The Hall–Kier alpha value is -1.46. The molecule has 0 fully saturated rings. The Morgan fingerprint density at radius 2 is 2.20 bits per heavy atom. The molecule has 1 aromatic rings. The van der Waals surface area contributed by atoms with Crippen molar-refractivity contribution in [2.24, 2.45) is 0 Å². The van der Waals surface area contributed by atoms with Crippen LogP contribution in [0.4, 0.5) is 0 Å². The van der Waals surface area contributed by atoms with E-state index < -0.39 is 12.1 Å². The highest BCUT2D eigenvalue weighted by molar-refractivity contribution is 5.85. The molecule has 0 saturated carbocycles. The molecule has 1 aromatic heterocycles. The first-order valence-electron chi connectivity index (χ1n) is 4.60. The van der Waals surface area contributed by atoms with E-state index in [0.29, 0.717) is 12.8 Å². The largest absolute Gasteiger partial charge is 0.477 e. The molecule has 0 unspecified atom stereocenters. The van der Waals surface area contributed by atoms with Gasteiger partial charge in [-0.05, 0) is 24.5 Å². The number of hydrogen-bond acceptors (Lipinski definition) is 4. The molecule has 1 rings (SSSR count). The van der Waals surface area contributed by atoms with E-state index >= 15 is 0 Å². The van der Waals surface area contributed by atoms with Crippen LogP contribution in [0.2, 0.25) is 0 Å². The third-order valence-electron chi connectivity index (χ3n) is 2.02. The van der Waals surface area contributed by atoms with Crippen molar-refractivity contribution in [1.82, 2.24) is 4.98 Å². The van der Waals surface area contributed by atoms with Gasteiger partial charge in [-0.1, -0.05) is 6.07 Å². The molecule has 5 nitrogen and oxygen atoms in total. The van der Waals surface area contributed by atoms with Crippen LogP contribution in [-0.4, -0.2) is 39.0 Å². The smallest absolute Gasteiger partial charge is 0.354 e. The third kappa shape index (κ3) is 3.65. The molecule has 1 heterocycles. The van der Waals surface area contributed by atoms with Crippen LogP contribution in [0.1, 0.15) is 22.5 Å². The van der Waals surface area contributed by atoms with E-state index in [9.17, 15) is 4.79 Å². The van der Waals surface area contributed by atoms with Gasteiger partial charge in [0, 0.05) is 6.20 Å². The molecule has 0 amide bonds. The molecule has 5 heteroatoms. The quantitative estimate of drug-likeness (QED) is 0.641. The summed E-state index contributed by atoms with van der Waals surface area (Å²) >= 11 is 0. The lowest BCUT2D eigenvalue weighted by atomic mass is 10.1. The van der Waals surface area contributed by atoms with Crippen molar-refractivity contribution in [1.29, 1.82) is 0 Å². The first-order valence-corrected chi connectivity index (χ1v) is 4.60. The fourth-order valence-electron chi connectivity index (χ4n) is 1.12.